The zero-order valence-corrected chi connectivity index (χ0v) is 13.6. The lowest BCUT2D eigenvalue weighted by atomic mass is 9.90. The Bertz CT molecular complexity index is 564. The smallest absolute Gasteiger partial charge is 0.262 e. The normalized spacial score (nSPS) is 17.4. The van der Waals surface area contributed by atoms with Gasteiger partial charge in [-0.25, -0.2) is 0 Å². The van der Waals surface area contributed by atoms with Crippen molar-refractivity contribution >= 4 is 23.5 Å². The predicted octanol–water partition coefficient (Wildman–Crippen LogP) is 2.69. The van der Waals surface area contributed by atoms with Gasteiger partial charge >= 0.3 is 0 Å². The van der Waals surface area contributed by atoms with Crippen LogP contribution in [0.15, 0.2) is 5.10 Å². The van der Waals surface area contributed by atoms with Crippen molar-refractivity contribution in [1.29, 1.82) is 0 Å². The molecule has 1 aromatic rings. The van der Waals surface area contributed by atoms with Gasteiger partial charge in [0.1, 0.15) is 4.88 Å². The molecule has 0 radical (unpaired) electrons. The third-order valence-corrected chi connectivity index (χ3v) is 4.57. The van der Waals surface area contributed by atoms with Crippen LogP contribution in [0.5, 0.6) is 0 Å². The molecular weight excluding hydrogens is 270 g/mol. The van der Waals surface area contributed by atoms with E-state index >= 15 is 0 Å². The lowest BCUT2D eigenvalue weighted by molar-refractivity contribution is 0.0923. The molecule has 0 saturated carbocycles. The highest BCUT2D eigenvalue weighted by atomic mass is 32.1. The fraction of sp³-hybridized carbons (Fsp3) is 0.600. The number of nitrogens with two attached hydrogens (primary N) is 1. The highest BCUT2D eigenvalue weighted by Crippen LogP contribution is 2.43. The summed E-state index contributed by atoms with van der Waals surface area (Å²) >= 11 is 1.58. The van der Waals surface area contributed by atoms with Crippen LogP contribution in [0.3, 0.4) is 0 Å². The summed E-state index contributed by atoms with van der Waals surface area (Å²) in [5, 5.41) is 6.66. The highest BCUT2D eigenvalue weighted by molar-refractivity contribution is 7.14. The topological polar surface area (TPSA) is 67.5 Å². The highest BCUT2D eigenvalue weighted by Gasteiger charge is 2.35. The van der Waals surface area contributed by atoms with Gasteiger partial charge in [-0.3, -0.25) is 4.79 Å². The van der Waals surface area contributed by atoms with Crippen molar-refractivity contribution in [3.63, 3.8) is 0 Å². The average Bonchev–Trinajstić information content (AvgIpc) is 2.70. The van der Waals surface area contributed by atoms with Crippen LogP contribution in [0.25, 0.3) is 0 Å². The lowest BCUT2D eigenvalue weighted by Crippen LogP contribution is -2.40. The summed E-state index contributed by atoms with van der Waals surface area (Å²) in [5.41, 5.74) is 2.16. The minimum atomic E-state index is -0.248. The molecule has 0 bridgehead atoms. The zero-order valence-electron chi connectivity index (χ0n) is 12.8. The van der Waals surface area contributed by atoms with Gasteiger partial charge in [-0.2, -0.15) is 5.10 Å². The molecule has 0 aromatic carbocycles. The van der Waals surface area contributed by atoms with E-state index in [1.165, 1.54) is 10.4 Å². The number of nitrogens with one attached hydrogen (secondary N) is 1. The number of thiophene rings is 1. The van der Waals surface area contributed by atoms with Crippen LogP contribution in [0.2, 0.25) is 0 Å². The third-order valence-electron chi connectivity index (χ3n) is 3.32. The second-order valence-electron chi connectivity index (χ2n) is 7.25. The molecule has 5 heteroatoms. The van der Waals surface area contributed by atoms with Crippen LogP contribution < -0.4 is 11.2 Å². The first-order valence-electron chi connectivity index (χ1n) is 6.83. The minimum absolute atomic E-state index is 0.0374. The quantitative estimate of drug-likeness (QED) is 0.500. The molecule has 110 valence electrons. The Morgan fingerprint density at radius 1 is 1.40 bits per heavy atom. The first-order chi connectivity index (χ1) is 9.13. The molecule has 0 aliphatic heterocycles. The number of hydrazone groups is 1. The van der Waals surface area contributed by atoms with Crippen LogP contribution in [0.1, 0.15) is 60.3 Å². The third kappa shape index (κ3) is 3.03. The first kappa shape index (κ1) is 15.0. The molecule has 0 saturated heterocycles. The van der Waals surface area contributed by atoms with E-state index in [-0.39, 0.29) is 16.9 Å². The van der Waals surface area contributed by atoms with Gasteiger partial charge in [0, 0.05) is 16.0 Å². The number of carbonyl (C=O) groups is 1. The average molecular weight is 293 g/mol. The number of fused-ring (bicyclic) bond motifs is 1. The molecule has 0 spiro atoms. The Morgan fingerprint density at radius 2 is 2.05 bits per heavy atom. The van der Waals surface area contributed by atoms with E-state index in [1.54, 1.807) is 17.6 Å². The number of hydrogen-bond donors (Lipinski definition) is 2. The summed E-state index contributed by atoms with van der Waals surface area (Å²) < 4.78 is 0. The van der Waals surface area contributed by atoms with Crippen LogP contribution in [0, 0.1) is 5.41 Å². The standard InChI is InChI=1S/C15H23N3OS/c1-14(2,3)18-13(19)12-10(8-17-16)9-6-15(4,5)7-11(9)20-12/h8H,6-7,16H2,1-5H3,(H,18,19)/b17-8-. The van der Waals surface area contributed by atoms with Gasteiger partial charge in [0.25, 0.3) is 5.91 Å². The van der Waals surface area contributed by atoms with E-state index in [1.807, 2.05) is 20.8 Å². The van der Waals surface area contributed by atoms with Crippen molar-refractivity contribution in [2.45, 2.75) is 53.0 Å². The van der Waals surface area contributed by atoms with Crippen molar-refractivity contribution in [2.24, 2.45) is 16.4 Å². The molecule has 2 rings (SSSR count). The maximum atomic E-state index is 12.4. The van der Waals surface area contributed by atoms with E-state index in [2.05, 4.69) is 24.3 Å². The summed E-state index contributed by atoms with van der Waals surface area (Å²) in [7, 11) is 0. The molecule has 1 aliphatic carbocycles. The minimum Gasteiger partial charge on any atom is -0.347 e. The molecule has 0 unspecified atom stereocenters. The summed E-state index contributed by atoms with van der Waals surface area (Å²) in [6.07, 6.45) is 3.61. The molecular formula is C15H23N3OS. The van der Waals surface area contributed by atoms with E-state index in [0.717, 1.165) is 23.3 Å². The molecule has 1 aliphatic rings. The maximum Gasteiger partial charge on any atom is 0.262 e. The first-order valence-corrected chi connectivity index (χ1v) is 7.65. The van der Waals surface area contributed by atoms with Crippen LogP contribution in [-0.4, -0.2) is 17.7 Å². The SMILES string of the molecule is CC1(C)Cc2sc(C(=O)NC(C)(C)C)c(/C=N\N)c2C1. The molecule has 1 amide bonds. The fourth-order valence-corrected chi connectivity index (χ4v) is 4.06. The van der Waals surface area contributed by atoms with Crippen molar-refractivity contribution < 1.29 is 4.79 Å². The molecule has 1 aromatic heterocycles. The number of rotatable bonds is 2. The summed E-state index contributed by atoms with van der Waals surface area (Å²) in [5.74, 6) is 5.28. The Kier molecular flexibility index (Phi) is 3.67. The van der Waals surface area contributed by atoms with Gasteiger partial charge in [-0.05, 0) is 44.6 Å². The van der Waals surface area contributed by atoms with Gasteiger partial charge in [0.15, 0.2) is 0 Å². The Hall–Kier alpha value is -1.36. The molecule has 1 heterocycles. The van der Waals surface area contributed by atoms with Gasteiger partial charge in [0.05, 0.1) is 6.21 Å². The molecule has 0 fully saturated rings. The van der Waals surface area contributed by atoms with Gasteiger partial charge in [0.2, 0.25) is 0 Å². The predicted molar refractivity (Wildman–Crippen MR) is 84.5 cm³/mol. The molecule has 4 nitrogen and oxygen atoms in total. The lowest BCUT2D eigenvalue weighted by Gasteiger charge is -2.21. The zero-order chi connectivity index (χ0) is 15.1. The second-order valence-corrected chi connectivity index (χ2v) is 8.35. The number of carbonyl (C=O) groups excluding carboxylic acids is 1. The summed E-state index contributed by atoms with van der Waals surface area (Å²) in [6, 6.07) is 0. The van der Waals surface area contributed by atoms with E-state index in [4.69, 9.17) is 5.84 Å². The maximum absolute atomic E-state index is 12.4. The van der Waals surface area contributed by atoms with Crippen LogP contribution >= 0.6 is 11.3 Å². The van der Waals surface area contributed by atoms with Crippen molar-refractivity contribution in [1.82, 2.24) is 5.32 Å². The fourth-order valence-electron chi connectivity index (χ4n) is 2.62. The Balaban J connectivity index is 2.39. The Labute approximate surface area is 124 Å². The van der Waals surface area contributed by atoms with Gasteiger partial charge < -0.3 is 11.2 Å². The van der Waals surface area contributed by atoms with Crippen LogP contribution in [0.4, 0.5) is 0 Å². The van der Waals surface area contributed by atoms with Crippen LogP contribution in [-0.2, 0) is 12.8 Å². The Morgan fingerprint density at radius 3 is 2.60 bits per heavy atom. The monoisotopic (exact) mass is 293 g/mol. The molecule has 0 atom stereocenters. The van der Waals surface area contributed by atoms with Gasteiger partial charge in [-0.1, -0.05) is 13.8 Å². The van der Waals surface area contributed by atoms with Crippen molar-refractivity contribution in [3.05, 3.63) is 20.9 Å². The van der Waals surface area contributed by atoms with E-state index < -0.39 is 0 Å². The van der Waals surface area contributed by atoms with Crippen molar-refractivity contribution in [2.75, 3.05) is 0 Å². The molecule has 20 heavy (non-hydrogen) atoms. The van der Waals surface area contributed by atoms with Gasteiger partial charge in [-0.15, -0.1) is 11.3 Å². The largest absolute Gasteiger partial charge is 0.347 e. The number of amides is 1. The van der Waals surface area contributed by atoms with E-state index in [0.29, 0.717) is 0 Å². The number of hydrogen-bond acceptors (Lipinski definition) is 4. The second kappa shape index (κ2) is 4.88. The molecule has 3 N–H and O–H groups in total. The number of nitrogens with zero attached hydrogens (tertiary/aromatic N) is 1. The summed E-state index contributed by atoms with van der Waals surface area (Å²) in [6.45, 7) is 10.4. The summed E-state index contributed by atoms with van der Waals surface area (Å²) in [4.78, 5) is 14.4. The van der Waals surface area contributed by atoms with E-state index in [9.17, 15) is 4.79 Å². The van der Waals surface area contributed by atoms with Crippen molar-refractivity contribution in [3.8, 4) is 0 Å².